The monoisotopic (exact) mass is 455 g/mol. The van der Waals surface area contributed by atoms with E-state index in [1.165, 1.54) is 12.1 Å². The largest absolute Gasteiger partial charge is 0.324 e. The Kier molecular flexibility index (Phi) is 6.74. The zero-order valence-electron chi connectivity index (χ0n) is 17.2. The molecule has 3 aromatic rings. The van der Waals surface area contributed by atoms with Crippen molar-refractivity contribution in [1.29, 1.82) is 0 Å². The molecule has 1 aliphatic heterocycles. The van der Waals surface area contributed by atoms with Crippen LogP contribution in [-0.2, 0) is 11.5 Å². The lowest BCUT2D eigenvalue weighted by molar-refractivity contribution is -0.384. The van der Waals surface area contributed by atoms with Crippen LogP contribution >= 0.6 is 11.6 Å². The second-order valence-corrected chi connectivity index (χ2v) is 7.88. The van der Waals surface area contributed by atoms with Crippen LogP contribution in [0.3, 0.4) is 0 Å². The predicted octanol–water partition coefficient (Wildman–Crippen LogP) is 2.72. The molecule has 0 saturated carbocycles. The van der Waals surface area contributed by atoms with Crippen LogP contribution in [0, 0.1) is 10.1 Å². The summed E-state index contributed by atoms with van der Waals surface area (Å²) in [5.74, 6) is 0.436. The number of para-hydroxylation sites is 1. The van der Waals surface area contributed by atoms with Crippen molar-refractivity contribution in [2.45, 2.75) is 6.67 Å². The minimum Gasteiger partial charge on any atom is -0.324 e. The molecular weight excluding hydrogens is 434 g/mol. The maximum absolute atomic E-state index is 12.3. The van der Waals surface area contributed by atoms with E-state index in [1.807, 2.05) is 12.1 Å². The van der Waals surface area contributed by atoms with Gasteiger partial charge in [0, 0.05) is 43.9 Å². The lowest BCUT2D eigenvalue weighted by Crippen LogP contribution is -2.48. The van der Waals surface area contributed by atoms with Gasteiger partial charge in [0.2, 0.25) is 5.91 Å². The Labute approximate surface area is 189 Å². The quantitative estimate of drug-likeness (QED) is 0.431. The fourth-order valence-electron chi connectivity index (χ4n) is 3.48. The van der Waals surface area contributed by atoms with E-state index in [1.54, 1.807) is 35.3 Å². The molecule has 0 spiro atoms. The summed E-state index contributed by atoms with van der Waals surface area (Å²) in [6.07, 6.45) is 1.65. The molecule has 10 nitrogen and oxygen atoms in total. The molecule has 1 fully saturated rings. The number of amides is 1. The number of carbonyl (C=O) groups excluding carboxylic acids is 1. The van der Waals surface area contributed by atoms with Gasteiger partial charge in [-0.3, -0.25) is 24.7 Å². The standard InChI is InChI=1S/C21H22ClN7O3/c22-18-3-1-2-4-19(18)24-20(30)13-26-9-11-27(12-10-26)15-28-14-23-21(25-28)16-5-7-17(8-6-16)29(31)32/h1-8,14H,9-13,15H2,(H,24,30). The first-order chi connectivity index (χ1) is 15.5. The summed E-state index contributed by atoms with van der Waals surface area (Å²) < 4.78 is 1.75. The van der Waals surface area contributed by atoms with Crippen molar-refractivity contribution in [3.8, 4) is 11.4 Å². The van der Waals surface area contributed by atoms with Crippen molar-refractivity contribution in [3.05, 3.63) is 70.0 Å². The van der Waals surface area contributed by atoms with Gasteiger partial charge in [0.25, 0.3) is 5.69 Å². The van der Waals surface area contributed by atoms with Crippen molar-refractivity contribution >= 4 is 28.9 Å². The van der Waals surface area contributed by atoms with Gasteiger partial charge in [0.15, 0.2) is 5.82 Å². The van der Waals surface area contributed by atoms with Crippen LogP contribution in [0.1, 0.15) is 0 Å². The molecule has 1 N–H and O–H groups in total. The molecule has 2 heterocycles. The van der Waals surface area contributed by atoms with Crippen LogP contribution < -0.4 is 5.32 Å². The van der Waals surface area contributed by atoms with Crippen molar-refractivity contribution in [3.63, 3.8) is 0 Å². The predicted molar refractivity (Wildman–Crippen MR) is 120 cm³/mol. The van der Waals surface area contributed by atoms with Crippen molar-refractivity contribution in [2.75, 3.05) is 38.0 Å². The number of halogens is 1. The van der Waals surface area contributed by atoms with Crippen LogP contribution in [-0.4, -0.2) is 68.1 Å². The fraction of sp³-hybridized carbons (Fsp3) is 0.286. The lowest BCUT2D eigenvalue weighted by atomic mass is 10.2. The molecule has 0 atom stereocenters. The number of nitro benzene ring substituents is 1. The summed E-state index contributed by atoms with van der Waals surface area (Å²) in [5, 5.41) is 18.6. The van der Waals surface area contributed by atoms with E-state index in [-0.39, 0.29) is 11.6 Å². The van der Waals surface area contributed by atoms with Crippen molar-refractivity contribution < 1.29 is 9.72 Å². The van der Waals surface area contributed by atoms with Crippen LogP contribution in [0.4, 0.5) is 11.4 Å². The highest BCUT2D eigenvalue weighted by molar-refractivity contribution is 6.33. The Hall–Kier alpha value is -3.34. The van der Waals surface area contributed by atoms with Gasteiger partial charge in [-0.25, -0.2) is 9.67 Å². The van der Waals surface area contributed by atoms with E-state index in [0.717, 1.165) is 31.7 Å². The molecular formula is C21H22ClN7O3. The minimum atomic E-state index is -0.435. The third-order valence-electron chi connectivity index (χ3n) is 5.20. The average Bonchev–Trinajstić information content (AvgIpc) is 3.25. The Bertz CT molecular complexity index is 1090. The fourth-order valence-corrected chi connectivity index (χ4v) is 3.66. The van der Waals surface area contributed by atoms with Gasteiger partial charge in [-0.15, -0.1) is 5.10 Å². The van der Waals surface area contributed by atoms with Gasteiger partial charge in [-0.1, -0.05) is 23.7 Å². The van der Waals surface area contributed by atoms with E-state index in [9.17, 15) is 14.9 Å². The van der Waals surface area contributed by atoms with Gasteiger partial charge in [0.05, 0.1) is 28.8 Å². The summed E-state index contributed by atoms with van der Waals surface area (Å²) in [6.45, 7) is 4.02. The van der Waals surface area contributed by atoms with Crippen LogP contribution in [0.25, 0.3) is 11.4 Å². The minimum absolute atomic E-state index is 0.0339. The van der Waals surface area contributed by atoms with Crippen LogP contribution in [0.5, 0.6) is 0 Å². The molecule has 1 aliphatic rings. The highest BCUT2D eigenvalue weighted by atomic mass is 35.5. The molecule has 0 unspecified atom stereocenters. The molecule has 4 rings (SSSR count). The first-order valence-electron chi connectivity index (χ1n) is 10.1. The molecule has 0 bridgehead atoms. The third kappa shape index (κ3) is 5.47. The molecule has 0 radical (unpaired) electrons. The SMILES string of the molecule is O=C(CN1CCN(Cn2cnc(-c3ccc([N+](=O)[O-])cc3)n2)CC1)Nc1ccccc1Cl. The lowest BCUT2D eigenvalue weighted by Gasteiger charge is -2.33. The maximum Gasteiger partial charge on any atom is 0.269 e. The highest BCUT2D eigenvalue weighted by Crippen LogP contribution is 2.21. The number of carbonyl (C=O) groups is 1. The second kappa shape index (κ2) is 9.86. The molecule has 2 aromatic carbocycles. The summed E-state index contributed by atoms with van der Waals surface area (Å²) >= 11 is 6.09. The van der Waals surface area contributed by atoms with E-state index >= 15 is 0 Å². The average molecular weight is 456 g/mol. The molecule has 11 heteroatoms. The Morgan fingerprint density at radius 1 is 1.06 bits per heavy atom. The summed E-state index contributed by atoms with van der Waals surface area (Å²) in [6, 6.07) is 13.3. The molecule has 166 valence electrons. The zero-order chi connectivity index (χ0) is 22.5. The molecule has 1 amide bonds. The van der Waals surface area contributed by atoms with E-state index in [0.29, 0.717) is 29.7 Å². The van der Waals surface area contributed by atoms with Crippen molar-refractivity contribution in [1.82, 2.24) is 24.6 Å². The Morgan fingerprint density at radius 3 is 2.44 bits per heavy atom. The summed E-state index contributed by atoms with van der Waals surface area (Å²) in [7, 11) is 0. The van der Waals surface area contributed by atoms with Crippen LogP contribution in [0.15, 0.2) is 54.9 Å². The Balaban J connectivity index is 1.25. The first-order valence-corrected chi connectivity index (χ1v) is 10.5. The van der Waals surface area contributed by atoms with E-state index in [4.69, 9.17) is 11.6 Å². The number of hydrogen-bond donors (Lipinski definition) is 1. The van der Waals surface area contributed by atoms with Gasteiger partial charge >= 0.3 is 0 Å². The highest BCUT2D eigenvalue weighted by Gasteiger charge is 2.20. The molecule has 1 aromatic heterocycles. The smallest absolute Gasteiger partial charge is 0.269 e. The van der Waals surface area contributed by atoms with Gasteiger partial charge in [0.1, 0.15) is 6.33 Å². The molecule has 0 aliphatic carbocycles. The topological polar surface area (TPSA) is 109 Å². The number of nitrogens with one attached hydrogen (secondary N) is 1. The number of benzene rings is 2. The number of anilines is 1. The van der Waals surface area contributed by atoms with Gasteiger partial charge in [-0.2, -0.15) is 0 Å². The number of aromatic nitrogens is 3. The number of rotatable bonds is 7. The summed E-state index contributed by atoms with van der Waals surface area (Å²) in [4.78, 5) is 31.3. The number of piperazine rings is 1. The number of nitro groups is 1. The van der Waals surface area contributed by atoms with Crippen LogP contribution in [0.2, 0.25) is 5.02 Å². The zero-order valence-corrected chi connectivity index (χ0v) is 18.0. The van der Waals surface area contributed by atoms with Gasteiger partial charge < -0.3 is 5.32 Å². The maximum atomic E-state index is 12.3. The van der Waals surface area contributed by atoms with Crippen molar-refractivity contribution in [2.24, 2.45) is 0 Å². The number of nitrogens with zero attached hydrogens (tertiary/aromatic N) is 6. The molecule has 1 saturated heterocycles. The molecule has 32 heavy (non-hydrogen) atoms. The van der Waals surface area contributed by atoms with E-state index in [2.05, 4.69) is 25.2 Å². The number of hydrogen-bond acceptors (Lipinski definition) is 7. The first kappa shape index (κ1) is 21.9. The summed E-state index contributed by atoms with van der Waals surface area (Å²) in [5.41, 5.74) is 1.38. The van der Waals surface area contributed by atoms with E-state index < -0.39 is 4.92 Å². The second-order valence-electron chi connectivity index (χ2n) is 7.48. The Morgan fingerprint density at radius 2 is 1.75 bits per heavy atom. The van der Waals surface area contributed by atoms with Gasteiger partial charge in [-0.05, 0) is 24.3 Å². The normalized spacial score (nSPS) is 14.9. The third-order valence-corrected chi connectivity index (χ3v) is 5.53. The number of non-ortho nitro benzene ring substituents is 1.